The number of benzene rings is 3. The molecule has 2 heterocycles. The second-order valence-electron chi connectivity index (χ2n) is 11.0. The highest BCUT2D eigenvalue weighted by molar-refractivity contribution is 7.92. The molecule has 1 amide bonds. The average Bonchev–Trinajstić information content (AvgIpc) is 3.39. The van der Waals surface area contributed by atoms with E-state index >= 15 is 0 Å². The Hall–Kier alpha value is -5.03. The van der Waals surface area contributed by atoms with Gasteiger partial charge in [-0.15, -0.1) is 0 Å². The molecular weight excluding hydrogens is 600 g/mol. The molecule has 11 heteroatoms. The van der Waals surface area contributed by atoms with Crippen LogP contribution in [0.1, 0.15) is 27.9 Å². The standard InChI is InChI=1S/C34H29F2N3O5S/c1-37-34(41)32-28-15-27(29(38(2)45(3,42)43)16-31(28)44-33(32)21-6-11-25(36)12-7-21)22-8-13-26-23(14-22)18-39(19-30(26)40)17-20-4-9-24(35)10-5-20/h4-13,15-16,18H,14,17,19H2,1-3H3,(H,37,41). The molecule has 0 spiro atoms. The SMILES string of the molecule is CNC(=O)c1c(-c2ccc(F)cc2)oc2cc(N(C)S(C)(=O)=O)c(C3=CC=C4C(=O)CN(Cc5ccc(F)cc5)C=C4C3)cc12. The second kappa shape index (κ2) is 11.5. The Balaban J connectivity index is 1.49. The van der Waals surface area contributed by atoms with Crippen molar-refractivity contribution < 1.29 is 31.2 Å². The van der Waals surface area contributed by atoms with Gasteiger partial charge in [0.25, 0.3) is 5.91 Å². The van der Waals surface area contributed by atoms with Crippen LogP contribution in [0.3, 0.4) is 0 Å². The van der Waals surface area contributed by atoms with E-state index in [0.29, 0.717) is 40.7 Å². The number of nitrogens with zero attached hydrogens (tertiary/aromatic N) is 2. The number of rotatable bonds is 7. The summed E-state index contributed by atoms with van der Waals surface area (Å²) in [5.41, 5.74) is 4.72. The number of amides is 1. The van der Waals surface area contributed by atoms with E-state index in [0.717, 1.165) is 27.3 Å². The van der Waals surface area contributed by atoms with E-state index in [2.05, 4.69) is 5.32 Å². The lowest BCUT2D eigenvalue weighted by Crippen LogP contribution is -2.32. The maximum atomic E-state index is 13.7. The van der Waals surface area contributed by atoms with Crippen LogP contribution in [0, 0.1) is 11.6 Å². The van der Waals surface area contributed by atoms with Gasteiger partial charge in [0.1, 0.15) is 23.0 Å². The summed E-state index contributed by atoms with van der Waals surface area (Å²) >= 11 is 0. The molecule has 0 atom stereocenters. The summed E-state index contributed by atoms with van der Waals surface area (Å²) in [7, 11) is -0.800. The highest BCUT2D eigenvalue weighted by Crippen LogP contribution is 2.43. The van der Waals surface area contributed by atoms with Gasteiger partial charge in [-0.25, -0.2) is 17.2 Å². The molecule has 45 heavy (non-hydrogen) atoms. The van der Waals surface area contributed by atoms with Crippen molar-refractivity contribution in [2.45, 2.75) is 13.0 Å². The van der Waals surface area contributed by atoms with Crippen molar-refractivity contribution >= 4 is 43.9 Å². The molecule has 230 valence electrons. The zero-order chi connectivity index (χ0) is 32.0. The third-order valence-electron chi connectivity index (χ3n) is 8.01. The smallest absolute Gasteiger partial charge is 0.255 e. The summed E-state index contributed by atoms with van der Waals surface area (Å²) in [5, 5.41) is 3.08. The number of allylic oxidation sites excluding steroid dienone is 4. The van der Waals surface area contributed by atoms with Crippen LogP contribution >= 0.6 is 0 Å². The van der Waals surface area contributed by atoms with E-state index in [1.165, 1.54) is 50.5 Å². The van der Waals surface area contributed by atoms with Gasteiger partial charge in [-0.2, -0.15) is 0 Å². The number of carbonyl (C=O) groups is 2. The van der Waals surface area contributed by atoms with Gasteiger partial charge in [0, 0.05) is 61.4 Å². The second-order valence-corrected chi connectivity index (χ2v) is 13.1. The van der Waals surface area contributed by atoms with Gasteiger partial charge in [0.05, 0.1) is 24.1 Å². The number of Topliss-reactive ketones (excluding diaryl/α,β-unsaturated/α-hetero) is 1. The third kappa shape index (κ3) is 5.78. The Bertz CT molecular complexity index is 2060. The molecule has 2 aliphatic rings. The van der Waals surface area contributed by atoms with E-state index in [1.807, 2.05) is 11.1 Å². The largest absolute Gasteiger partial charge is 0.455 e. The quantitative estimate of drug-likeness (QED) is 0.277. The van der Waals surface area contributed by atoms with Crippen LogP contribution in [0.2, 0.25) is 0 Å². The van der Waals surface area contributed by atoms with E-state index in [9.17, 15) is 26.8 Å². The minimum atomic E-state index is -3.72. The molecule has 0 radical (unpaired) electrons. The van der Waals surface area contributed by atoms with Crippen LogP contribution in [0.5, 0.6) is 0 Å². The number of halogens is 2. The number of carbonyl (C=O) groups excluding carboxylic acids is 2. The lowest BCUT2D eigenvalue weighted by Gasteiger charge is -2.30. The first-order valence-electron chi connectivity index (χ1n) is 14.1. The number of nitrogens with one attached hydrogen (secondary N) is 1. The first-order chi connectivity index (χ1) is 21.4. The monoisotopic (exact) mass is 629 g/mol. The van der Waals surface area contributed by atoms with Gasteiger partial charge in [0.2, 0.25) is 10.0 Å². The number of hydrogen-bond acceptors (Lipinski definition) is 6. The molecule has 8 nitrogen and oxygen atoms in total. The van der Waals surface area contributed by atoms with E-state index in [4.69, 9.17) is 4.42 Å². The number of sulfonamides is 1. The van der Waals surface area contributed by atoms with Crippen molar-refractivity contribution in [2.24, 2.45) is 0 Å². The summed E-state index contributed by atoms with van der Waals surface area (Å²) < 4.78 is 60.0. The molecule has 0 saturated carbocycles. The average molecular weight is 630 g/mol. The van der Waals surface area contributed by atoms with E-state index in [-0.39, 0.29) is 35.1 Å². The fourth-order valence-electron chi connectivity index (χ4n) is 5.67. The van der Waals surface area contributed by atoms with Crippen LogP contribution in [-0.2, 0) is 21.4 Å². The Morgan fingerprint density at radius 3 is 2.31 bits per heavy atom. The Morgan fingerprint density at radius 1 is 1.00 bits per heavy atom. The van der Waals surface area contributed by atoms with Gasteiger partial charge >= 0.3 is 0 Å². The summed E-state index contributed by atoms with van der Waals surface area (Å²) in [6.07, 6.45) is 6.83. The molecule has 1 N–H and O–H groups in total. The van der Waals surface area contributed by atoms with Crippen molar-refractivity contribution in [1.29, 1.82) is 0 Å². The number of hydrogen-bond donors (Lipinski definition) is 1. The van der Waals surface area contributed by atoms with Gasteiger partial charge in [0.15, 0.2) is 5.78 Å². The molecule has 0 fully saturated rings. The molecule has 0 saturated heterocycles. The maximum absolute atomic E-state index is 13.7. The third-order valence-corrected chi connectivity index (χ3v) is 9.20. The van der Waals surface area contributed by atoms with Crippen molar-refractivity contribution in [3.05, 3.63) is 118 Å². The van der Waals surface area contributed by atoms with E-state index in [1.54, 1.807) is 36.4 Å². The van der Waals surface area contributed by atoms with Crippen LogP contribution < -0.4 is 9.62 Å². The lowest BCUT2D eigenvalue weighted by molar-refractivity contribution is -0.116. The Morgan fingerprint density at radius 2 is 1.67 bits per heavy atom. The molecule has 1 aliphatic carbocycles. The highest BCUT2D eigenvalue weighted by atomic mass is 32.2. The highest BCUT2D eigenvalue weighted by Gasteiger charge is 2.30. The zero-order valence-electron chi connectivity index (χ0n) is 24.7. The number of anilines is 1. The molecule has 0 unspecified atom stereocenters. The molecule has 3 aromatic carbocycles. The first-order valence-corrected chi connectivity index (χ1v) is 15.9. The number of fused-ring (bicyclic) bond motifs is 2. The molecule has 1 aliphatic heterocycles. The predicted octanol–water partition coefficient (Wildman–Crippen LogP) is 5.82. The van der Waals surface area contributed by atoms with Crippen molar-refractivity contribution in [3.8, 4) is 11.3 Å². The van der Waals surface area contributed by atoms with Crippen LogP contribution in [0.4, 0.5) is 14.5 Å². The van der Waals surface area contributed by atoms with Gasteiger partial charge < -0.3 is 14.6 Å². The summed E-state index contributed by atoms with van der Waals surface area (Å²) in [6.45, 7) is 0.577. The fraction of sp³-hybridized carbons (Fsp3) is 0.176. The Kier molecular flexibility index (Phi) is 7.65. The fourth-order valence-corrected chi connectivity index (χ4v) is 6.18. The number of furan rings is 1. The lowest BCUT2D eigenvalue weighted by atomic mass is 9.85. The molecule has 4 aromatic rings. The summed E-state index contributed by atoms with van der Waals surface area (Å²) in [4.78, 5) is 28.2. The van der Waals surface area contributed by atoms with Crippen LogP contribution in [0.15, 0.2) is 94.6 Å². The first kappa shape index (κ1) is 30.0. The summed E-state index contributed by atoms with van der Waals surface area (Å²) in [5.74, 6) is -1.06. The minimum Gasteiger partial charge on any atom is -0.455 e. The number of ketones is 1. The van der Waals surface area contributed by atoms with Gasteiger partial charge in [-0.3, -0.25) is 13.9 Å². The molecule has 6 rings (SSSR count). The van der Waals surface area contributed by atoms with Gasteiger partial charge in [-0.1, -0.05) is 24.3 Å². The van der Waals surface area contributed by atoms with Crippen molar-refractivity contribution in [3.63, 3.8) is 0 Å². The Labute approximate surface area is 259 Å². The minimum absolute atomic E-state index is 0.0606. The van der Waals surface area contributed by atoms with E-state index < -0.39 is 21.7 Å². The molecule has 0 bridgehead atoms. The van der Waals surface area contributed by atoms with Crippen molar-refractivity contribution in [1.82, 2.24) is 10.2 Å². The summed E-state index contributed by atoms with van der Waals surface area (Å²) in [6, 6.07) is 14.9. The predicted molar refractivity (Wildman–Crippen MR) is 169 cm³/mol. The maximum Gasteiger partial charge on any atom is 0.255 e. The topological polar surface area (TPSA) is 99.9 Å². The zero-order valence-corrected chi connectivity index (χ0v) is 25.5. The van der Waals surface area contributed by atoms with Gasteiger partial charge in [-0.05, 0) is 59.2 Å². The molecule has 1 aromatic heterocycles. The van der Waals surface area contributed by atoms with Crippen LogP contribution in [0.25, 0.3) is 27.9 Å². The van der Waals surface area contributed by atoms with Crippen molar-refractivity contribution in [2.75, 3.05) is 31.2 Å². The molecular formula is C34H29F2N3O5S. The normalized spacial score (nSPS) is 14.9. The van der Waals surface area contributed by atoms with Crippen LogP contribution in [-0.4, -0.2) is 51.9 Å².